The lowest BCUT2D eigenvalue weighted by Gasteiger charge is -2.15. The van der Waals surface area contributed by atoms with Gasteiger partial charge in [-0.15, -0.1) is 0 Å². The zero-order chi connectivity index (χ0) is 23.5. The number of hydrogen-bond donors (Lipinski definition) is 2. The smallest absolute Gasteiger partial charge is 0.261 e. The van der Waals surface area contributed by atoms with E-state index in [1.165, 1.54) is 37.4 Å². The second-order valence-corrected chi connectivity index (χ2v) is 11.0. The minimum Gasteiger partial charge on any atom is -0.496 e. The third-order valence-electron chi connectivity index (χ3n) is 4.94. The van der Waals surface area contributed by atoms with Gasteiger partial charge >= 0.3 is 0 Å². The zero-order valence-electron chi connectivity index (χ0n) is 18.3. The zero-order valence-corrected chi connectivity index (χ0v) is 19.9. The van der Waals surface area contributed by atoms with Crippen molar-refractivity contribution >= 4 is 31.4 Å². The van der Waals surface area contributed by atoms with Crippen LogP contribution in [-0.4, -0.2) is 23.9 Å². The lowest BCUT2D eigenvalue weighted by Crippen LogP contribution is -2.15. The number of para-hydroxylation sites is 1. The summed E-state index contributed by atoms with van der Waals surface area (Å²) < 4.78 is 61.4. The van der Waals surface area contributed by atoms with Crippen LogP contribution in [0.4, 0.5) is 11.4 Å². The van der Waals surface area contributed by atoms with Crippen LogP contribution >= 0.6 is 0 Å². The second-order valence-electron chi connectivity index (χ2n) is 7.61. The minimum absolute atomic E-state index is 0.0234. The molecule has 0 heterocycles. The number of hydrogen-bond acceptors (Lipinski definition) is 5. The molecule has 0 spiro atoms. The van der Waals surface area contributed by atoms with Crippen LogP contribution in [0.1, 0.15) is 30.9 Å². The number of nitrogens with one attached hydrogen (secondary N) is 2. The number of benzene rings is 3. The van der Waals surface area contributed by atoms with E-state index in [0.29, 0.717) is 11.4 Å². The summed E-state index contributed by atoms with van der Waals surface area (Å²) in [6.45, 7) is 5.71. The maximum absolute atomic E-state index is 12.9. The van der Waals surface area contributed by atoms with Gasteiger partial charge in [0.2, 0.25) is 0 Å². The van der Waals surface area contributed by atoms with Crippen molar-refractivity contribution in [3.8, 4) is 5.75 Å². The summed E-state index contributed by atoms with van der Waals surface area (Å²) in [6.07, 6.45) is 0. The van der Waals surface area contributed by atoms with Crippen molar-refractivity contribution in [3.63, 3.8) is 0 Å². The van der Waals surface area contributed by atoms with Gasteiger partial charge in [0.15, 0.2) is 0 Å². The largest absolute Gasteiger partial charge is 0.496 e. The molecule has 7 nitrogen and oxygen atoms in total. The summed E-state index contributed by atoms with van der Waals surface area (Å²) in [5.41, 5.74) is 2.30. The van der Waals surface area contributed by atoms with E-state index in [1.807, 2.05) is 19.9 Å². The number of rotatable bonds is 8. The van der Waals surface area contributed by atoms with E-state index in [1.54, 1.807) is 37.3 Å². The monoisotopic (exact) mass is 474 g/mol. The van der Waals surface area contributed by atoms with Crippen LogP contribution in [0.3, 0.4) is 0 Å². The topological polar surface area (TPSA) is 102 Å². The molecular formula is C23H26N2O5S2. The quantitative estimate of drug-likeness (QED) is 0.492. The normalized spacial score (nSPS) is 11.9. The van der Waals surface area contributed by atoms with Gasteiger partial charge in [0.1, 0.15) is 5.75 Å². The highest BCUT2D eigenvalue weighted by atomic mass is 32.2. The van der Waals surface area contributed by atoms with E-state index in [4.69, 9.17) is 4.74 Å². The Kier molecular flexibility index (Phi) is 6.80. The summed E-state index contributed by atoms with van der Waals surface area (Å²) in [7, 11) is -6.14. The predicted molar refractivity (Wildman–Crippen MR) is 126 cm³/mol. The first-order chi connectivity index (χ1) is 15.0. The van der Waals surface area contributed by atoms with Gasteiger partial charge in [0.05, 0.1) is 22.6 Å². The van der Waals surface area contributed by atoms with Gasteiger partial charge in [-0.25, -0.2) is 16.8 Å². The third kappa shape index (κ3) is 5.23. The van der Waals surface area contributed by atoms with E-state index in [2.05, 4.69) is 9.44 Å². The Hall–Kier alpha value is -3.04. The first-order valence-electron chi connectivity index (χ1n) is 9.93. The van der Waals surface area contributed by atoms with Crippen molar-refractivity contribution in [2.75, 3.05) is 16.6 Å². The highest BCUT2D eigenvalue weighted by Gasteiger charge is 2.19. The Morgan fingerprint density at radius 2 is 1.38 bits per heavy atom. The van der Waals surface area contributed by atoms with E-state index >= 15 is 0 Å². The van der Waals surface area contributed by atoms with Crippen LogP contribution in [0, 0.1) is 6.92 Å². The molecule has 0 atom stereocenters. The van der Waals surface area contributed by atoms with Gasteiger partial charge in [-0.1, -0.05) is 32.0 Å². The van der Waals surface area contributed by atoms with Crippen molar-refractivity contribution in [2.45, 2.75) is 36.5 Å². The van der Waals surface area contributed by atoms with Crippen LogP contribution in [0.5, 0.6) is 5.75 Å². The second kappa shape index (κ2) is 9.22. The summed E-state index contributed by atoms with van der Waals surface area (Å²) in [5.74, 6) is 0.694. The molecule has 0 aliphatic carbocycles. The number of anilines is 2. The summed E-state index contributed by atoms with van der Waals surface area (Å²) >= 11 is 0. The van der Waals surface area contributed by atoms with Crippen LogP contribution in [-0.2, 0) is 20.0 Å². The molecule has 170 valence electrons. The number of ether oxygens (including phenoxy) is 1. The third-order valence-corrected chi connectivity index (χ3v) is 7.70. The minimum atomic E-state index is -3.87. The maximum atomic E-state index is 12.9. The molecule has 0 amide bonds. The average Bonchev–Trinajstić information content (AvgIpc) is 2.75. The highest BCUT2D eigenvalue weighted by Crippen LogP contribution is 2.30. The van der Waals surface area contributed by atoms with E-state index in [0.717, 1.165) is 11.1 Å². The average molecular weight is 475 g/mol. The molecule has 0 aliphatic heterocycles. The first kappa shape index (κ1) is 23.6. The Labute approximate surface area is 189 Å². The molecule has 0 radical (unpaired) electrons. The standard InChI is InChI=1S/C23H26N2O5S2/c1-16(2)21-15-20(13-14-23(21)30-4)32(28,29)24-18-9-11-19(12-10-18)31(26,27)25-22-8-6-5-7-17(22)3/h5-16,24-25H,1-4H3. The molecule has 0 saturated heterocycles. The van der Waals surface area contributed by atoms with Gasteiger partial charge in [-0.3, -0.25) is 9.44 Å². The molecule has 0 fully saturated rings. The molecule has 2 N–H and O–H groups in total. The van der Waals surface area contributed by atoms with E-state index in [-0.39, 0.29) is 21.4 Å². The SMILES string of the molecule is COc1ccc(S(=O)(=O)Nc2ccc(S(=O)(=O)Nc3ccccc3C)cc2)cc1C(C)C. The van der Waals surface area contributed by atoms with Gasteiger partial charge in [-0.2, -0.15) is 0 Å². The van der Waals surface area contributed by atoms with E-state index < -0.39 is 20.0 Å². The molecule has 3 rings (SSSR count). The molecule has 0 saturated carbocycles. The Morgan fingerprint density at radius 1 is 0.781 bits per heavy atom. The van der Waals surface area contributed by atoms with Crippen molar-refractivity contribution in [1.82, 2.24) is 0 Å². The fraction of sp³-hybridized carbons (Fsp3) is 0.217. The molecule has 0 bridgehead atoms. The van der Waals surface area contributed by atoms with Crippen molar-refractivity contribution in [2.24, 2.45) is 0 Å². The van der Waals surface area contributed by atoms with Gasteiger partial charge in [-0.05, 0) is 72.5 Å². The summed E-state index contributed by atoms with van der Waals surface area (Å²) in [6, 6.07) is 17.3. The van der Waals surface area contributed by atoms with E-state index in [9.17, 15) is 16.8 Å². The molecule has 3 aromatic rings. The molecule has 32 heavy (non-hydrogen) atoms. The van der Waals surface area contributed by atoms with Gasteiger partial charge < -0.3 is 4.74 Å². The van der Waals surface area contributed by atoms with Crippen molar-refractivity contribution in [3.05, 3.63) is 77.9 Å². The molecule has 9 heteroatoms. The van der Waals surface area contributed by atoms with Gasteiger partial charge in [0, 0.05) is 5.69 Å². The number of methoxy groups -OCH3 is 1. The van der Waals surface area contributed by atoms with Crippen LogP contribution in [0.2, 0.25) is 0 Å². The molecule has 0 unspecified atom stereocenters. The molecule has 0 aliphatic rings. The Bertz CT molecular complexity index is 1320. The molecular weight excluding hydrogens is 448 g/mol. The van der Waals surface area contributed by atoms with Crippen LogP contribution in [0.15, 0.2) is 76.5 Å². The van der Waals surface area contributed by atoms with Crippen molar-refractivity contribution < 1.29 is 21.6 Å². The highest BCUT2D eigenvalue weighted by molar-refractivity contribution is 7.93. The maximum Gasteiger partial charge on any atom is 0.261 e. The lowest BCUT2D eigenvalue weighted by molar-refractivity contribution is 0.407. The first-order valence-corrected chi connectivity index (χ1v) is 12.9. The number of aryl methyl sites for hydroxylation is 1. The Morgan fingerprint density at radius 3 is 1.97 bits per heavy atom. The predicted octanol–water partition coefficient (Wildman–Crippen LogP) is 4.73. The summed E-state index contributed by atoms with van der Waals surface area (Å²) in [5, 5.41) is 0. The molecule has 0 aromatic heterocycles. The van der Waals surface area contributed by atoms with Crippen molar-refractivity contribution in [1.29, 1.82) is 0 Å². The van der Waals surface area contributed by atoms with Crippen LogP contribution < -0.4 is 14.2 Å². The van der Waals surface area contributed by atoms with Gasteiger partial charge in [0.25, 0.3) is 20.0 Å². The Balaban J connectivity index is 1.82. The van der Waals surface area contributed by atoms with Crippen LogP contribution in [0.25, 0.3) is 0 Å². The fourth-order valence-electron chi connectivity index (χ4n) is 3.14. The lowest BCUT2D eigenvalue weighted by atomic mass is 10.0. The fourth-order valence-corrected chi connectivity index (χ4v) is 5.36. The number of sulfonamides is 2. The summed E-state index contributed by atoms with van der Waals surface area (Å²) in [4.78, 5) is 0.121. The molecule has 3 aromatic carbocycles.